The van der Waals surface area contributed by atoms with Crippen LogP contribution in [-0.2, 0) is 4.74 Å². The van der Waals surface area contributed by atoms with E-state index in [1.807, 2.05) is 13.8 Å². The maximum absolute atomic E-state index is 12.3. The summed E-state index contributed by atoms with van der Waals surface area (Å²) in [7, 11) is 0. The Balaban J connectivity index is 2.76. The summed E-state index contributed by atoms with van der Waals surface area (Å²) < 4.78 is 6.08. The third-order valence-electron chi connectivity index (χ3n) is 2.55. The second kappa shape index (κ2) is 7.38. The summed E-state index contributed by atoms with van der Waals surface area (Å²) >= 11 is 3.34. The van der Waals surface area contributed by atoms with Gasteiger partial charge in [-0.3, -0.25) is 4.79 Å². The smallest absolute Gasteiger partial charge is 0.254 e. The van der Waals surface area contributed by atoms with Gasteiger partial charge in [-0.1, -0.05) is 15.9 Å². The molecule has 1 aromatic carbocycles. The van der Waals surface area contributed by atoms with Crippen LogP contribution in [-0.4, -0.2) is 37.1 Å². The average molecular weight is 315 g/mol. The van der Waals surface area contributed by atoms with Crippen LogP contribution >= 0.6 is 15.9 Å². The summed E-state index contributed by atoms with van der Waals surface area (Å²) in [6.07, 6.45) is 0. The van der Waals surface area contributed by atoms with E-state index in [9.17, 15) is 4.79 Å². The maximum Gasteiger partial charge on any atom is 0.254 e. The van der Waals surface area contributed by atoms with Gasteiger partial charge in [0.15, 0.2) is 0 Å². The lowest BCUT2D eigenvalue weighted by Gasteiger charge is -2.21. The number of anilines is 1. The quantitative estimate of drug-likeness (QED) is 0.648. The summed E-state index contributed by atoms with van der Waals surface area (Å²) in [4.78, 5) is 14.0. The Morgan fingerprint density at radius 1 is 1.39 bits per heavy atom. The predicted molar refractivity (Wildman–Crippen MR) is 76.6 cm³/mol. The summed E-state index contributed by atoms with van der Waals surface area (Å²) in [6, 6.07) is 5.24. The van der Waals surface area contributed by atoms with Crippen LogP contribution in [0.5, 0.6) is 0 Å². The standard InChI is InChI=1S/C13H19BrN2O2/c1-3-16(5-6-18-4-2)13(17)10-7-11(14)9-12(15)8-10/h7-9H,3-6,15H2,1-2H3. The van der Waals surface area contributed by atoms with Crippen molar-refractivity contribution in [3.05, 3.63) is 28.2 Å². The lowest BCUT2D eigenvalue weighted by atomic mass is 10.2. The molecule has 0 saturated carbocycles. The van der Waals surface area contributed by atoms with Crippen LogP contribution in [0.4, 0.5) is 5.69 Å². The number of ether oxygens (including phenoxy) is 1. The number of carbonyl (C=O) groups is 1. The minimum Gasteiger partial charge on any atom is -0.399 e. The Labute approximate surface area is 116 Å². The second-order valence-corrected chi connectivity index (χ2v) is 4.77. The van der Waals surface area contributed by atoms with Gasteiger partial charge in [-0.05, 0) is 32.0 Å². The van der Waals surface area contributed by atoms with Crippen LogP contribution in [0, 0.1) is 0 Å². The van der Waals surface area contributed by atoms with E-state index in [0.717, 1.165) is 4.47 Å². The molecule has 0 fully saturated rings. The topological polar surface area (TPSA) is 55.6 Å². The SMILES string of the molecule is CCOCCN(CC)C(=O)c1cc(N)cc(Br)c1. The molecule has 1 amide bonds. The fourth-order valence-electron chi connectivity index (χ4n) is 1.64. The molecule has 0 radical (unpaired) electrons. The molecular formula is C13H19BrN2O2. The molecule has 0 heterocycles. The molecule has 0 unspecified atom stereocenters. The van der Waals surface area contributed by atoms with Gasteiger partial charge in [0, 0.05) is 35.4 Å². The normalized spacial score (nSPS) is 10.4. The van der Waals surface area contributed by atoms with E-state index in [-0.39, 0.29) is 5.91 Å². The highest BCUT2D eigenvalue weighted by molar-refractivity contribution is 9.10. The third-order valence-corrected chi connectivity index (χ3v) is 3.00. The van der Waals surface area contributed by atoms with Crippen LogP contribution in [0.25, 0.3) is 0 Å². The third kappa shape index (κ3) is 4.31. The number of amides is 1. The molecule has 0 aliphatic carbocycles. The molecule has 100 valence electrons. The number of halogens is 1. The molecule has 0 aliphatic heterocycles. The Morgan fingerprint density at radius 3 is 2.67 bits per heavy atom. The molecule has 4 nitrogen and oxygen atoms in total. The summed E-state index contributed by atoms with van der Waals surface area (Å²) in [5, 5.41) is 0. The number of nitrogens with two attached hydrogens (primary N) is 1. The first-order valence-electron chi connectivity index (χ1n) is 6.01. The van der Waals surface area contributed by atoms with E-state index in [1.165, 1.54) is 0 Å². The van der Waals surface area contributed by atoms with Crippen molar-refractivity contribution in [2.75, 3.05) is 32.0 Å². The second-order valence-electron chi connectivity index (χ2n) is 3.85. The van der Waals surface area contributed by atoms with Crippen LogP contribution in [0.15, 0.2) is 22.7 Å². The molecule has 0 atom stereocenters. The Kier molecular flexibility index (Phi) is 6.15. The number of likely N-dealkylation sites (N-methyl/N-ethyl adjacent to an activating group) is 1. The van der Waals surface area contributed by atoms with Crippen LogP contribution in [0.2, 0.25) is 0 Å². The number of carbonyl (C=O) groups excluding carboxylic acids is 1. The minimum atomic E-state index is -0.0230. The fourth-order valence-corrected chi connectivity index (χ4v) is 2.15. The van der Waals surface area contributed by atoms with Gasteiger partial charge in [0.05, 0.1) is 6.61 Å². The van der Waals surface area contributed by atoms with Gasteiger partial charge < -0.3 is 15.4 Å². The molecule has 0 bridgehead atoms. The molecule has 2 N–H and O–H groups in total. The first-order valence-corrected chi connectivity index (χ1v) is 6.80. The molecule has 0 aliphatic rings. The number of hydrogen-bond donors (Lipinski definition) is 1. The zero-order valence-corrected chi connectivity index (χ0v) is 12.4. The van der Waals surface area contributed by atoms with E-state index in [2.05, 4.69) is 15.9 Å². The van der Waals surface area contributed by atoms with Crippen molar-refractivity contribution in [3.8, 4) is 0 Å². The zero-order valence-electron chi connectivity index (χ0n) is 10.8. The van der Waals surface area contributed by atoms with Crippen molar-refractivity contribution in [2.24, 2.45) is 0 Å². The van der Waals surface area contributed by atoms with E-state index < -0.39 is 0 Å². The van der Waals surface area contributed by atoms with Crippen molar-refractivity contribution < 1.29 is 9.53 Å². The molecule has 5 heteroatoms. The Morgan fingerprint density at radius 2 is 2.11 bits per heavy atom. The highest BCUT2D eigenvalue weighted by atomic mass is 79.9. The van der Waals surface area contributed by atoms with Crippen LogP contribution < -0.4 is 5.73 Å². The highest BCUT2D eigenvalue weighted by Crippen LogP contribution is 2.18. The van der Waals surface area contributed by atoms with E-state index in [0.29, 0.717) is 37.6 Å². The summed E-state index contributed by atoms with van der Waals surface area (Å²) in [6.45, 7) is 6.35. The van der Waals surface area contributed by atoms with Crippen molar-refractivity contribution in [2.45, 2.75) is 13.8 Å². The van der Waals surface area contributed by atoms with Crippen LogP contribution in [0.1, 0.15) is 24.2 Å². The molecule has 0 spiro atoms. The molecular weight excluding hydrogens is 296 g/mol. The lowest BCUT2D eigenvalue weighted by molar-refractivity contribution is 0.0669. The monoisotopic (exact) mass is 314 g/mol. The summed E-state index contributed by atoms with van der Waals surface area (Å²) in [5.74, 6) is -0.0230. The van der Waals surface area contributed by atoms with E-state index in [1.54, 1.807) is 23.1 Å². The zero-order chi connectivity index (χ0) is 13.5. The van der Waals surface area contributed by atoms with Gasteiger partial charge in [-0.2, -0.15) is 0 Å². The average Bonchev–Trinajstić information content (AvgIpc) is 2.33. The van der Waals surface area contributed by atoms with Crippen molar-refractivity contribution in [1.82, 2.24) is 4.90 Å². The highest BCUT2D eigenvalue weighted by Gasteiger charge is 2.14. The van der Waals surface area contributed by atoms with Gasteiger partial charge in [-0.15, -0.1) is 0 Å². The lowest BCUT2D eigenvalue weighted by Crippen LogP contribution is -2.33. The first-order chi connectivity index (χ1) is 8.58. The number of hydrogen-bond acceptors (Lipinski definition) is 3. The molecule has 1 rings (SSSR count). The van der Waals surface area contributed by atoms with Gasteiger partial charge in [0.2, 0.25) is 0 Å². The number of nitrogens with zero attached hydrogens (tertiary/aromatic N) is 1. The largest absolute Gasteiger partial charge is 0.399 e. The van der Waals surface area contributed by atoms with Gasteiger partial charge in [-0.25, -0.2) is 0 Å². The molecule has 0 aromatic heterocycles. The van der Waals surface area contributed by atoms with Gasteiger partial charge >= 0.3 is 0 Å². The van der Waals surface area contributed by atoms with Crippen molar-refractivity contribution in [1.29, 1.82) is 0 Å². The Bertz CT molecular complexity index is 390. The van der Waals surface area contributed by atoms with Crippen molar-refractivity contribution in [3.63, 3.8) is 0 Å². The number of nitrogen functional groups attached to an aromatic ring is 1. The van der Waals surface area contributed by atoms with Gasteiger partial charge in [0.25, 0.3) is 5.91 Å². The predicted octanol–water partition coefficient (Wildman–Crippen LogP) is 2.53. The number of benzene rings is 1. The van der Waals surface area contributed by atoms with Crippen molar-refractivity contribution >= 4 is 27.5 Å². The van der Waals surface area contributed by atoms with Gasteiger partial charge in [0.1, 0.15) is 0 Å². The minimum absolute atomic E-state index is 0.0230. The van der Waals surface area contributed by atoms with E-state index in [4.69, 9.17) is 10.5 Å². The van der Waals surface area contributed by atoms with Crippen LogP contribution in [0.3, 0.4) is 0 Å². The number of rotatable bonds is 6. The molecule has 18 heavy (non-hydrogen) atoms. The maximum atomic E-state index is 12.3. The fraction of sp³-hybridized carbons (Fsp3) is 0.462. The first kappa shape index (κ1) is 15.0. The Hall–Kier alpha value is -1.07. The molecule has 0 saturated heterocycles. The summed E-state index contributed by atoms with van der Waals surface area (Å²) in [5.41, 5.74) is 6.91. The molecule has 1 aromatic rings. The van der Waals surface area contributed by atoms with E-state index >= 15 is 0 Å².